The molecule has 0 aromatic heterocycles. The minimum Gasteiger partial charge on any atom is -0.385 e. The predicted molar refractivity (Wildman–Crippen MR) is 78.0 cm³/mol. The lowest BCUT2D eigenvalue weighted by Gasteiger charge is -2.41. The van der Waals surface area contributed by atoms with Gasteiger partial charge >= 0.3 is 0 Å². The third kappa shape index (κ3) is 5.25. The fourth-order valence-electron chi connectivity index (χ4n) is 2.66. The molecule has 108 valence electrons. The normalized spacial score (nSPS) is 27.3. The lowest BCUT2D eigenvalue weighted by atomic mass is 9.95. The van der Waals surface area contributed by atoms with Crippen molar-refractivity contribution in [3.8, 4) is 0 Å². The first kappa shape index (κ1) is 15.9. The molecule has 0 spiro atoms. The van der Waals surface area contributed by atoms with Crippen LogP contribution in [0.1, 0.15) is 46.5 Å². The highest BCUT2D eigenvalue weighted by Gasteiger charge is 2.26. The molecular weight excluding hydrogens is 224 g/mol. The summed E-state index contributed by atoms with van der Waals surface area (Å²) in [6.07, 6.45) is 5.07. The van der Waals surface area contributed by atoms with Gasteiger partial charge in [-0.2, -0.15) is 0 Å². The van der Waals surface area contributed by atoms with E-state index in [1.54, 1.807) is 7.11 Å². The van der Waals surface area contributed by atoms with Crippen LogP contribution in [0.5, 0.6) is 0 Å². The quantitative estimate of drug-likeness (QED) is 0.675. The van der Waals surface area contributed by atoms with E-state index in [4.69, 9.17) is 4.74 Å². The molecular formula is C15H32N2O. The van der Waals surface area contributed by atoms with Gasteiger partial charge in [-0.1, -0.05) is 20.3 Å². The van der Waals surface area contributed by atoms with Crippen molar-refractivity contribution in [2.24, 2.45) is 5.92 Å². The molecule has 3 nitrogen and oxygen atoms in total. The summed E-state index contributed by atoms with van der Waals surface area (Å²) in [6.45, 7) is 11.5. The number of methoxy groups -OCH3 is 1. The van der Waals surface area contributed by atoms with E-state index in [1.807, 2.05) is 0 Å². The molecule has 0 saturated carbocycles. The Balaban J connectivity index is 2.24. The largest absolute Gasteiger partial charge is 0.385 e. The standard InChI is InChI=1S/C15H32N2O/c1-5-13(2)15-12-17(14(3)11-16-15)9-7-6-8-10-18-4/h13-16H,5-12H2,1-4H3. The Hall–Kier alpha value is -0.120. The Kier molecular flexibility index (Phi) is 7.87. The molecule has 3 atom stereocenters. The second kappa shape index (κ2) is 8.89. The van der Waals surface area contributed by atoms with E-state index in [1.165, 1.54) is 38.8 Å². The van der Waals surface area contributed by atoms with Crippen molar-refractivity contribution in [1.29, 1.82) is 0 Å². The molecule has 0 radical (unpaired) electrons. The summed E-state index contributed by atoms with van der Waals surface area (Å²) in [7, 11) is 1.79. The van der Waals surface area contributed by atoms with Gasteiger partial charge < -0.3 is 10.1 Å². The van der Waals surface area contributed by atoms with Gasteiger partial charge in [0.15, 0.2) is 0 Å². The lowest BCUT2D eigenvalue weighted by Crippen LogP contribution is -2.57. The Labute approximate surface area is 113 Å². The number of nitrogens with zero attached hydrogens (tertiary/aromatic N) is 1. The molecule has 0 amide bonds. The van der Waals surface area contributed by atoms with Crippen LogP contribution in [0.2, 0.25) is 0 Å². The number of hydrogen-bond donors (Lipinski definition) is 1. The number of piperazine rings is 1. The van der Waals surface area contributed by atoms with E-state index in [0.29, 0.717) is 12.1 Å². The molecule has 0 aromatic rings. The first-order chi connectivity index (χ1) is 8.69. The molecule has 1 fully saturated rings. The predicted octanol–water partition coefficient (Wildman–Crippen LogP) is 2.51. The van der Waals surface area contributed by atoms with Crippen LogP contribution in [0.4, 0.5) is 0 Å². The molecule has 1 saturated heterocycles. The van der Waals surface area contributed by atoms with Gasteiger partial charge in [0, 0.05) is 38.9 Å². The summed E-state index contributed by atoms with van der Waals surface area (Å²) in [4.78, 5) is 2.67. The van der Waals surface area contributed by atoms with Crippen LogP contribution >= 0.6 is 0 Å². The van der Waals surface area contributed by atoms with Gasteiger partial charge in [-0.3, -0.25) is 4.90 Å². The van der Waals surface area contributed by atoms with Crippen LogP contribution in [-0.4, -0.2) is 50.3 Å². The van der Waals surface area contributed by atoms with Crippen LogP contribution in [0.3, 0.4) is 0 Å². The van der Waals surface area contributed by atoms with Crippen molar-refractivity contribution >= 4 is 0 Å². The van der Waals surface area contributed by atoms with E-state index < -0.39 is 0 Å². The zero-order valence-corrected chi connectivity index (χ0v) is 12.7. The monoisotopic (exact) mass is 256 g/mol. The summed E-state index contributed by atoms with van der Waals surface area (Å²) in [5, 5.41) is 3.70. The zero-order valence-electron chi connectivity index (χ0n) is 12.7. The van der Waals surface area contributed by atoms with E-state index in [9.17, 15) is 0 Å². The maximum absolute atomic E-state index is 5.09. The molecule has 18 heavy (non-hydrogen) atoms. The summed E-state index contributed by atoms with van der Waals surface area (Å²) in [6, 6.07) is 1.37. The van der Waals surface area contributed by atoms with Crippen molar-refractivity contribution in [2.45, 2.75) is 58.5 Å². The van der Waals surface area contributed by atoms with Gasteiger partial charge in [-0.15, -0.1) is 0 Å². The maximum Gasteiger partial charge on any atom is 0.0462 e. The molecule has 1 heterocycles. The fraction of sp³-hybridized carbons (Fsp3) is 1.00. The average Bonchev–Trinajstić information content (AvgIpc) is 2.39. The van der Waals surface area contributed by atoms with E-state index in [-0.39, 0.29) is 0 Å². The summed E-state index contributed by atoms with van der Waals surface area (Å²) in [5.41, 5.74) is 0. The number of unbranched alkanes of at least 4 members (excludes halogenated alkanes) is 2. The van der Waals surface area contributed by atoms with Gasteiger partial charge in [0.2, 0.25) is 0 Å². The summed E-state index contributed by atoms with van der Waals surface area (Å²) >= 11 is 0. The second-order valence-electron chi connectivity index (χ2n) is 5.80. The molecule has 0 aromatic carbocycles. The lowest BCUT2D eigenvalue weighted by molar-refractivity contribution is 0.115. The Morgan fingerprint density at radius 2 is 2.11 bits per heavy atom. The van der Waals surface area contributed by atoms with Crippen LogP contribution in [0.15, 0.2) is 0 Å². The fourth-order valence-corrected chi connectivity index (χ4v) is 2.66. The molecule has 1 N–H and O–H groups in total. The van der Waals surface area contributed by atoms with Gasteiger partial charge in [0.1, 0.15) is 0 Å². The average molecular weight is 256 g/mol. The Bertz CT molecular complexity index is 211. The Morgan fingerprint density at radius 3 is 2.78 bits per heavy atom. The first-order valence-corrected chi connectivity index (χ1v) is 7.65. The highest BCUT2D eigenvalue weighted by atomic mass is 16.5. The second-order valence-corrected chi connectivity index (χ2v) is 5.80. The molecule has 3 unspecified atom stereocenters. The van der Waals surface area contributed by atoms with Gasteiger partial charge in [-0.05, 0) is 38.6 Å². The minimum atomic E-state index is 0.685. The summed E-state index contributed by atoms with van der Waals surface area (Å²) < 4.78 is 5.09. The minimum absolute atomic E-state index is 0.685. The topological polar surface area (TPSA) is 24.5 Å². The highest BCUT2D eigenvalue weighted by Crippen LogP contribution is 2.16. The molecule has 3 heteroatoms. The maximum atomic E-state index is 5.09. The number of rotatable bonds is 8. The van der Waals surface area contributed by atoms with Crippen molar-refractivity contribution in [3.05, 3.63) is 0 Å². The van der Waals surface area contributed by atoms with Gasteiger partial charge in [0.25, 0.3) is 0 Å². The smallest absolute Gasteiger partial charge is 0.0462 e. The third-order valence-corrected chi connectivity index (χ3v) is 4.35. The third-order valence-electron chi connectivity index (χ3n) is 4.35. The molecule has 1 rings (SSSR count). The van der Waals surface area contributed by atoms with Gasteiger partial charge in [0.05, 0.1) is 0 Å². The molecule has 1 aliphatic rings. The summed E-state index contributed by atoms with van der Waals surface area (Å²) in [5.74, 6) is 0.786. The van der Waals surface area contributed by atoms with Crippen LogP contribution in [-0.2, 0) is 4.74 Å². The van der Waals surface area contributed by atoms with E-state index >= 15 is 0 Å². The zero-order chi connectivity index (χ0) is 13.4. The van der Waals surface area contributed by atoms with Crippen LogP contribution in [0, 0.1) is 5.92 Å². The van der Waals surface area contributed by atoms with Crippen molar-refractivity contribution < 1.29 is 4.74 Å². The van der Waals surface area contributed by atoms with Gasteiger partial charge in [-0.25, -0.2) is 0 Å². The Morgan fingerprint density at radius 1 is 1.33 bits per heavy atom. The SMILES string of the molecule is CCC(C)C1CN(CCCCCOC)C(C)CN1. The van der Waals surface area contributed by atoms with Crippen LogP contribution < -0.4 is 5.32 Å². The molecule has 1 aliphatic heterocycles. The first-order valence-electron chi connectivity index (χ1n) is 7.65. The number of ether oxygens (including phenoxy) is 1. The van der Waals surface area contributed by atoms with E-state index in [2.05, 4.69) is 31.0 Å². The van der Waals surface area contributed by atoms with Crippen molar-refractivity contribution in [1.82, 2.24) is 10.2 Å². The van der Waals surface area contributed by atoms with Crippen molar-refractivity contribution in [3.63, 3.8) is 0 Å². The van der Waals surface area contributed by atoms with Crippen molar-refractivity contribution in [2.75, 3.05) is 33.4 Å². The molecule has 0 bridgehead atoms. The van der Waals surface area contributed by atoms with Crippen LogP contribution in [0.25, 0.3) is 0 Å². The number of nitrogens with one attached hydrogen (secondary N) is 1. The molecule has 0 aliphatic carbocycles. The highest BCUT2D eigenvalue weighted by molar-refractivity contribution is 4.86. The van der Waals surface area contributed by atoms with E-state index in [0.717, 1.165) is 19.1 Å². The number of hydrogen-bond acceptors (Lipinski definition) is 3.